The molecule has 9 nitrogen and oxygen atoms in total. The Morgan fingerprint density at radius 3 is 2.52 bits per heavy atom. The molecular formula is C22H17FN4O5S. The van der Waals surface area contributed by atoms with Crippen LogP contribution in [0, 0.1) is 5.82 Å². The third-order valence-electron chi connectivity index (χ3n) is 4.77. The fourth-order valence-electron chi connectivity index (χ4n) is 3.08. The molecule has 0 aliphatic rings. The molecule has 11 heteroatoms. The van der Waals surface area contributed by atoms with Crippen LogP contribution >= 0.6 is 0 Å². The number of H-pyrrole nitrogens is 1. The van der Waals surface area contributed by atoms with Gasteiger partial charge in [-0.25, -0.2) is 22.3 Å². The van der Waals surface area contributed by atoms with Gasteiger partial charge >= 0.3 is 5.97 Å². The van der Waals surface area contributed by atoms with E-state index in [1.807, 2.05) is 0 Å². The Labute approximate surface area is 187 Å². The number of carbonyl (C=O) groups is 1. The van der Waals surface area contributed by atoms with Gasteiger partial charge in [-0.15, -0.1) is 5.11 Å². The van der Waals surface area contributed by atoms with Gasteiger partial charge in [0.05, 0.1) is 21.7 Å². The van der Waals surface area contributed by atoms with Crippen LogP contribution in [0.25, 0.3) is 10.9 Å². The molecule has 4 aromatic rings. The molecule has 0 saturated heterocycles. The number of carboxylic acids is 1. The second-order valence-electron chi connectivity index (χ2n) is 7.04. The van der Waals surface area contributed by atoms with Crippen molar-refractivity contribution in [2.75, 3.05) is 0 Å². The predicted molar refractivity (Wildman–Crippen MR) is 118 cm³/mol. The summed E-state index contributed by atoms with van der Waals surface area (Å²) in [6, 6.07) is 15.4. The Hall–Kier alpha value is -4.09. The molecule has 0 unspecified atom stereocenters. The van der Waals surface area contributed by atoms with Gasteiger partial charge in [0, 0.05) is 11.9 Å². The van der Waals surface area contributed by atoms with E-state index in [1.165, 1.54) is 66.7 Å². The summed E-state index contributed by atoms with van der Waals surface area (Å²) in [6.07, 6.45) is 0. The summed E-state index contributed by atoms with van der Waals surface area (Å²) >= 11 is 0. The van der Waals surface area contributed by atoms with E-state index in [-0.39, 0.29) is 34.3 Å². The number of halogens is 1. The van der Waals surface area contributed by atoms with Gasteiger partial charge in [-0.1, -0.05) is 18.2 Å². The molecule has 4 rings (SSSR count). The van der Waals surface area contributed by atoms with Crippen molar-refractivity contribution in [2.24, 2.45) is 10.2 Å². The Bertz CT molecular complexity index is 1480. The molecule has 0 radical (unpaired) electrons. The summed E-state index contributed by atoms with van der Waals surface area (Å²) in [5, 5.41) is 27.6. The number of nitrogens with one attached hydrogen (secondary N) is 2. The van der Waals surface area contributed by atoms with Gasteiger partial charge < -0.3 is 15.2 Å². The summed E-state index contributed by atoms with van der Waals surface area (Å²) in [5.41, 5.74) is 1.28. The average Bonchev–Trinajstić information content (AvgIpc) is 3.11. The lowest BCUT2D eigenvalue weighted by atomic mass is 10.2. The molecule has 0 atom stereocenters. The second kappa shape index (κ2) is 8.81. The van der Waals surface area contributed by atoms with E-state index in [2.05, 4.69) is 19.9 Å². The van der Waals surface area contributed by atoms with Gasteiger partial charge in [-0.3, -0.25) is 0 Å². The number of azo groups is 1. The number of rotatable bonds is 7. The number of aromatic amines is 1. The zero-order chi connectivity index (χ0) is 23.6. The van der Waals surface area contributed by atoms with Crippen LogP contribution in [-0.4, -0.2) is 29.6 Å². The number of nitrogens with zero attached hydrogens (tertiary/aromatic N) is 2. The summed E-state index contributed by atoms with van der Waals surface area (Å²) in [7, 11) is -3.93. The highest BCUT2D eigenvalue weighted by Crippen LogP contribution is 2.37. The molecule has 3 aromatic carbocycles. The molecule has 0 amide bonds. The van der Waals surface area contributed by atoms with E-state index in [4.69, 9.17) is 5.11 Å². The number of hydrogen-bond donors (Lipinski definition) is 4. The normalized spacial score (nSPS) is 11.9. The van der Waals surface area contributed by atoms with Crippen LogP contribution in [0.3, 0.4) is 0 Å². The zero-order valence-electron chi connectivity index (χ0n) is 16.9. The van der Waals surface area contributed by atoms with Gasteiger partial charge in [-0.05, 0) is 54.1 Å². The third kappa shape index (κ3) is 4.89. The van der Waals surface area contributed by atoms with Crippen molar-refractivity contribution in [2.45, 2.75) is 11.4 Å². The Kier molecular flexibility index (Phi) is 5.90. The van der Waals surface area contributed by atoms with E-state index in [0.717, 1.165) is 0 Å². The first-order valence-electron chi connectivity index (χ1n) is 9.57. The van der Waals surface area contributed by atoms with Crippen LogP contribution in [0.15, 0.2) is 81.9 Å². The van der Waals surface area contributed by atoms with Crippen LogP contribution in [0.4, 0.5) is 15.8 Å². The van der Waals surface area contributed by atoms with E-state index >= 15 is 0 Å². The van der Waals surface area contributed by atoms with Crippen LogP contribution in [-0.2, 0) is 16.6 Å². The number of aromatic hydroxyl groups is 1. The summed E-state index contributed by atoms with van der Waals surface area (Å²) in [5.74, 6) is -1.86. The minimum Gasteiger partial charge on any atom is -0.493 e. The number of fused-ring (bicyclic) bond motifs is 1. The van der Waals surface area contributed by atoms with E-state index in [1.54, 1.807) is 0 Å². The minimum absolute atomic E-state index is 0.00122. The van der Waals surface area contributed by atoms with Crippen molar-refractivity contribution in [1.82, 2.24) is 9.71 Å². The van der Waals surface area contributed by atoms with Crippen molar-refractivity contribution in [3.05, 3.63) is 83.7 Å². The lowest BCUT2D eigenvalue weighted by Gasteiger charge is -2.07. The van der Waals surface area contributed by atoms with Crippen LogP contribution in [0.5, 0.6) is 5.88 Å². The third-order valence-corrected chi connectivity index (χ3v) is 6.17. The minimum atomic E-state index is -3.93. The molecule has 1 heterocycles. The molecule has 0 aliphatic heterocycles. The lowest BCUT2D eigenvalue weighted by Crippen LogP contribution is -2.23. The monoisotopic (exact) mass is 468 g/mol. The van der Waals surface area contributed by atoms with Crippen molar-refractivity contribution in [3.8, 4) is 5.88 Å². The molecule has 1 aromatic heterocycles. The maximum atomic E-state index is 13.0. The molecule has 0 saturated carbocycles. The number of sulfonamides is 1. The first-order chi connectivity index (χ1) is 15.7. The summed E-state index contributed by atoms with van der Waals surface area (Å²) < 4.78 is 41.0. The molecular weight excluding hydrogens is 451 g/mol. The molecule has 33 heavy (non-hydrogen) atoms. The fraction of sp³-hybridized carbons (Fsp3) is 0.0455. The molecule has 0 aliphatic carbocycles. The van der Waals surface area contributed by atoms with Gasteiger partial charge in [0.1, 0.15) is 5.82 Å². The number of aromatic carboxylic acids is 1. The van der Waals surface area contributed by atoms with Crippen LogP contribution in [0.1, 0.15) is 15.9 Å². The van der Waals surface area contributed by atoms with Crippen LogP contribution in [0.2, 0.25) is 0 Å². The van der Waals surface area contributed by atoms with E-state index < -0.39 is 21.8 Å². The predicted octanol–water partition coefficient (Wildman–Crippen LogP) is 4.60. The molecule has 0 spiro atoms. The summed E-state index contributed by atoms with van der Waals surface area (Å²) in [4.78, 5) is 13.7. The lowest BCUT2D eigenvalue weighted by molar-refractivity contribution is 0.0697. The quantitative estimate of drug-likeness (QED) is 0.293. The zero-order valence-corrected chi connectivity index (χ0v) is 17.7. The van der Waals surface area contributed by atoms with Gasteiger partial charge in [-0.2, -0.15) is 5.11 Å². The van der Waals surface area contributed by atoms with Gasteiger partial charge in [0.25, 0.3) is 0 Å². The summed E-state index contributed by atoms with van der Waals surface area (Å²) in [6.45, 7) is -0.0362. The molecule has 168 valence electrons. The van der Waals surface area contributed by atoms with Crippen LogP contribution < -0.4 is 4.72 Å². The van der Waals surface area contributed by atoms with Gasteiger partial charge in [0.2, 0.25) is 15.9 Å². The number of carboxylic acid groups (broad SMARTS) is 1. The average molecular weight is 468 g/mol. The number of aromatic nitrogens is 1. The molecule has 4 N–H and O–H groups in total. The van der Waals surface area contributed by atoms with E-state index in [0.29, 0.717) is 16.5 Å². The molecule has 0 fully saturated rings. The highest BCUT2D eigenvalue weighted by molar-refractivity contribution is 7.89. The first-order valence-corrected chi connectivity index (χ1v) is 11.1. The largest absolute Gasteiger partial charge is 0.493 e. The highest BCUT2D eigenvalue weighted by atomic mass is 32.2. The van der Waals surface area contributed by atoms with Crippen molar-refractivity contribution >= 4 is 38.3 Å². The van der Waals surface area contributed by atoms with Gasteiger partial charge in [0.15, 0.2) is 5.69 Å². The number of hydrogen-bond acceptors (Lipinski definition) is 6. The second-order valence-corrected chi connectivity index (χ2v) is 8.80. The Morgan fingerprint density at radius 2 is 1.79 bits per heavy atom. The fourth-order valence-corrected chi connectivity index (χ4v) is 4.13. The SMILES string of the molecule is O=C(O)c1cccc(N=Nc2c(O)[nH]c3ccc(S(=O)(=O)NCc4ccc(F)cc4)cc23)c1. The first kappa shape index (κ1) is 22.1. The van der Waals surface area contributed by atoms with Crippen molar-refractivity contribution in [3.63, 3.8) is 0 Å². The smallest absolute Gasteiger partial charge is 0.335 e. The maximum Gasteiger partial charge on any atom is 0.335 e. The standard InChI is InChI=1S/C22H17FN4O5S/c23-15-6-4-13(5-7-15)12-24-33(31,32)17-8-9-19-18(11-17)20(21(28)25-19)27-26-16-3-1-2-14(10-16)22(29)30/h1-11,24-25,28H,12H2,(H,29,30). The number of benzene rings is 3. The topological polar surface area (TPSA) is 144 Å². The Balaban J connectivity index is 1.63. The maximum absolute atomic E-state index is 13.0. The van der Waals surface area contributed by atoms with Crippen molar-refractivity contribution < 1.29 is 27.8 Å². The Morgan fingerprint density at radius 1 is 1.03 bits per heavy atom. The molecule has 0 bridgehead atoms. The van der Waals surface area contributed by atoms with E-state index in [9.17, 15) is 22.7 Å². The van der Waals surface area contributed by atoms with Crippen molar-refractivity contribution in [1.29, 1.82) is 0 Å². The highest BCUT2D eigenvalue weighted by Gasteiger charge is 2.18.